The minimum atomic E-state index is -1.23. The average Bonchev–Trinajstić information content (AvgIpc) is 3.34. The highest BCUT2D eigenvalue weighted by atomic mass is 16.5. The number of nitrogens with zero attached hydrogens (tertiary/aromatic N) is 3. The van der Waals surface area contributed by atoms with E-state index in [1.807, 2.05) is 20.8 Å². The van der Waals surface area contributed by atoms with E-state index in [9.17, 15) is 14.4 Å². The van der Waals surface area contributed by atoms with Gasteiger partial charge in [-0.25, -0.2) is 9.78 Å². The first kappa shape index (κ1) is 22.9. The Balaban J connectivity index is 1.66. The molecule has 2 heterocycles. The number of hydrogen-bond acceptors (Lipinski definition) is 8. The normalized spacial score (nSPS) is 18.6. The molecule has 0 aliphatic heterocycles. The second-order valence-electron chi connectivity index (χ2n) is 9.71. The molecule has 10 nitrogen and oxygen atoms in total. The predicted molar refractivity (Wildman–Crippen MR) is 121 cm³/mol. The lowest BCUT2D eigenvalue weighted by atomic mass is 9.75. The molecule has 10 heteroatoms. The molecule has 2 aliphatic rings. The van der Waals surface area contributed by atoms with Gasteiger partial charge in [-0.1, -0.05) is 13.8 Å². The van der Waals surface area contributed by atoms with Crippen LogP contribution in [0, 0.1) is 12.3 Å². The summed E-state index contributed by atoms with van der Waals surface area (Å²) in [4.78, 5) is 45.9. The number of rotatable bonds is 6. The highest BCUT2D eigenvalue weighted by molar-refractivity contribution is 6.00. The van der Waals surface area contributed by atoms with Gasteiger partial charge in [0.15, 0.2) is 11.9 Å². The summed E-state index contributed by atoms with van der Waals surface area (Å²) >= 11 is 0. The van der Waals surface area contributed by atoms with Gasteiger partial charge >= 0.3 is 5.97 Å². The van der Waals surface area contributed by atoms with E-state index in [1.54, 1.807) is 10.8 Å². The zero-order valence-electron chi connectivity index (χ0n) is 19.2. The molecule has 1 unspecified atom stereocenters. The Hall–Kier alpha value is -3.27. The minimum Gasteiger partial charge on any atom is -0.460 e. The van der Waals surface area contributed by atoms with E-state index < -0.39 is 18.0 Å². The van der Waals surface area contributed by atoms with Gasteiger partial charge in [-0.2, -0.15) is 4.98 Å². The van der Waals surface area contributed by atoms with Crippen LogP contribution in [0.4, 0.5) is 5.82 Å². The van der Waals surface area contributed by atoms with Crippen molar-refractivity contribution in [1.82, 2.24) is 14.5 Å². The van der Waals surface area contributed by atoms with Crippen molar-refractivity contribution in [3.63, 3.8) is 0 Å². The maximum atomic E-state index is 12.7. The van der Waals surface area contributed by atoms with Crippen LogP contribution in [0.5, 0.6) is 0 Å². The van der Waals surface area contributed by atoms with Crippen LogP contribution >= 0.6 is 0 Å². The molecule has 4 rings (SSSR count). The number of esters is 1. The van der Waals surface area contributed by atoms with E-state index in [2.05, 4.69) is 15.3 Å². The first-order valence-corrected chi connectivity index (χ1v) is 11.2. The number of fused-ring (bicyclic) bond motifs is 1. The average molecular weight is 455 g/mol. The number of carbonyl (C=O) groups is 3. The van der Waals surface area contributed by atoms with Crippen LogP contribution < -0.4 is 16.8 Å². The zero-order chi connectivity index (χ0) is 23.9. The highest BCUT2D eigenvalue weighted by Crippen LogP contribution is 2.37. The second kappa shape index (κ2) is 8.58. The first-order valence-electron chi connectivity index (χ1n) is 11.2. The molecular weight excluding hydrogens is 424 g/mol. The van der Waals surface area contributed by atoms with Crippen molar-refractivity contribution < 1.29 is 19.1 Å². The molecule has 2 aliphatic carbocycles. The van der Waals surface area contributed by atoms with E-state index >= 15 is 0 Å². The van der Waals surface area contributed by atoms with Gasteiger partial charge in [0.25, 0.3) is 5.91 Å². The van der Waals surface area contributed by atoms with E-state index in [0.29, 0.717) is 18.4 Å². The van der Waals surface area contributed by atoms with Crippen molar-refractivity contribution in [1.29, 1.82) is 0 Å². The maximum absolute atomic E-state index is 12.7. The number of primary amides is 1. The maximum Gasteiger partial charge on any atom is 0.343 e. The summed E-state index contributed by atoms with van der Waals surface area (Å²) in [6.45, 7) is 5.95. The number of Topliss-reactive ketones (excluding diaryl/α,β-unsaturated/α-hetero) is 1. The molecule has 0 spiro atoms. The Bertz CT molecular complexity index is 1120. The lowest BCUT2D eigenvalue weighted by molar-refractivity contribution is -0.149. The lowest BCUT2D eigenvalue weighted by Gasteiger charge is -2.29. The minimum absolute atomic E-state index is 0.00276. The molecule has 1 fully saturated rings. The van der Waals surface area contributed by atoms with Gasteiger partial charge in [-0.15, -0.1) is 0 Å². The molecule has 0 radical (unpaired) electrons. The third-order valence-corrected chi connectivity index (χ3v) is 6.25. The molecule has 1 atom stereocenters. The molecule has 176 valence electrons. The number of nitrogens with two attached hydrogens (primary N) is 2. The Morgan fingerprint density at radius 3 is 2.64 bits per heavy atom. The fourth-order valence-corrected chi connectivity index (χ4v) is 4.68. The van der Waals surface area contributed by atoms with Gasteiger partial charge in [-0.3, -0.25) is 14.2 Å². The monoisotopic (exact) mass is 454 g/mol. The zero-order valence-corrected chi connectivity index (χ0v) is 19.2. The van der Waals surface area contributed by atoms with Crippen LogP contribution in [-0.4, -0.2) is 44.5 Å². The molecular formula is C23H30N6O4. The summed E-state index contributed by atoms with van der Waals surface area (Å²) in [6.07, 6.45) is 6.52. The van der Waals surface area contributed by atoms with Gasteiger partial charge in [0, 0.05) is 30.1 Å². The number of ketones is 1. The summed E-state index contributed by atoms with van der Waals surface area (Å²) in [7, 11) is 0. The molecule has 5 N–H and O–H groups in total. The smallest absolute Gasteiger partial charge is 0.343 e. The second-order valence-corrected chi connectivity index (χ2v) is 9.71. The molecule has 0 saturated heterocycles. The number of ether oxygens (including phenoxy) is 1. The number of anilines is 1. The summed E-state index contributed by atoms with van der Waals surface area (Å²) in [5.74, 6) is -1.03. The van der Waals surface area contributed by atoms with Crippen molar-refractivity contribution in [3.8, 4) is 5.95 Å². The number of aryl methyl sites for hydroxylation is 1. The molecule has 2 aromatic rings. The Labute approximate surface area is 192 Å². The van der Waals surface area contributed by atoms with Crippen molar-refractivity contribution in [2.75, 3.05) is 5.32 Å². The van der Waals surface area contributed by atoms with Crippen LogP contribution in [0.1, 0.15) is 77.9 Å². The quantitative estimate of drug-likeness (QED) is 0.442. The van der Waals surface area contributed by atoms with Crippen molar-refractivity contribution in [2.24, 2.45) is 16.9 Å². The van der Waals surface area contributed by atoms with Crippen LogP contribution in [0.2, 0.25) is 0 Å². The fourth-order valence-electron chi connectivity index (χ4n) is 4.68. The van der Waals surface area contributed by atoms with Crippen molar-refractivity contribution >= 4 is 23.5 Å². The van der Waals surface area contributed by atoms with Crippen LogP contribution in [0.25, 0.3) is 5.95 Å². The van der Waals surface area contributed by atoms with Crippen molar-refractivity contribution in [3.05, 3.63) is 34.8 Å². The highest BCUT2D eigenvalue weighted by Gasteiger charge is 2.35. The Morgan fingerprint density at radius 1 is 1.27 bits per heavy atom. The van der Waals surface area contributed by atoms with E-state index in [4.69, 9.17) is 16.2 Å². The van der Waals surface area contributed by atoms with Crippen LogP contribution in [0.15, 0.2) is 12.4 Å². The number of carbonyl (C=O) groups excluding carboxylic acids is 3. The van der Waals surface area contributed by atoms with Crippen molar-refractivity contribution in [2.45, 2.75) is 71.6 Å². The predicted octanol–water partition coefficient (Wildman–Crippen LogP) is 2.01. The largest absolute Gasteiger partial charge is 0.460 e. The Morgan fingerprint density at radius 2 is 1.97 bits per heavy atom. The van der Waals surface area contributed by atoms with E-state index in [0.717, 1.165) is 36.9 Å². The molecule has 33 heavy (non-hydrogen) atoms. The van der Waals surface area contributed by atoms with Gasteiger partial charge in [0.1, 0.15) is 11.9 Å². The molecule has 1 amide bonds. The first-order chi connectivity index (χ1) is 15.6. The topological polar surface area (TPSA) is 155 Å². The third kappa shape index (κ3) is 4.61. The number of amides is 1. The van der Waals surface area contributed by atoms with Crippen LogP contribution in [0.3, 0.4) is 0 Å². The number of aromatic nitrogens is 3. The summed E-state index contributed by atoms with van der Waals surface area (Å²) < 4.78 is 7.20. The van der Waals surface area contributed by atoms with Gasteiger partial charge in [-0.05, 0) is 50.0 Å². The van der Waals surface area contributed by atoms with Gasteiger partial charge in [0.05, 0.1) is 5.56 Å². The van der Waals surface area contributed by atoms with Gasteiger partial charge < -0.3 is 21.5 Å². The molecule has 0 bridgehead atoms. The molecule has 2 aromatic heterocycles. The molecule has 0 aromatic carbocycles. The standard InChI is InChI=1S/C23H30N6O4/c1-12-11-29(15-8-23(2,3)9-16(30)17(12)15)22-26-10-14(19(25)31)20(28-22)27-18(24)21(32)33-13-6-4-5-7-13/h10-11,13,18H,4-9,24H2,1-3H3,(H2,25,31)(H,26,27,28). The summed E-state index contributed by atoms with van der Waals surface area (Å²) in [6, 6.07) is 0. The van der Waals surface area contributed by atoms with E-state index in [1.165, 1.54) is 6.20 Å². The SMILES string of the molecule is Cc1cn(-c2ncc(C(N)=O)c(NC(N)C(=O)OC3CCCC3)n2)c2c1C(=O)CC(C)(C)C2. The third-order valence-electron chi connectivity index (χ3n) is 6.25. The van der Waals surface area contributed by atoms with Crippen LogP contribution in [-0.2, 0) is 16.0 Å². The van der Waals surface area contributed by atoms with E-state index in [-0.39, 0.29) is 34.6 Å². The van der Waals surface area contributed by atoms with Gasteiger partial charge in [0.2, 0.25) is 5.95 Å². The summed E-state index contributed by atoms with van der Waals surface area (Å²) in [5, 5.41) is 2.76. The number of hydrogen-bond donors (Lipinski definition) is 3. The fraction of sp³-hybridized carbons (Fsp3) is 0.522. The number of nitrogens with one attached hydrogen (secondary N) is 1. The lowest BCUT2D eigenvalue weighted by Crippen LogP contribution is -2.41. The molecule has 1 saturated carbocycles. The summed E-state index contributed by atoms with van der Waals surface area (Å²) in [5.41, 5.74) is 13.6. The Kier molecular flexibility index (Phi) is 5.96.